The van der Waals surface area contributed by atoms with Crippen LogP contribution in [0.4, 0.5) is 27.4 Å². The number of benzene rings is 2. The molecule has 8 unspecified atom stereocenters. The van der Waals surface area contributed by atoms with Crippen LogP contribution in [0.15, 0.2) is 24.3 Å². The molecule has 7 aliphatic heterocycles. The molecule has 14 N–H and O–H groups in total. The topological polar surface area (TPSA) is 578 Å². The van der Waals surface area contributed by atoms with Gasteiger partial charge < -0.3 is 96.3 Å². The van der Waals surface area contributed by atoms with Crippen molar-refractivity contribution in [3.63, 3.8) is 0 Å². The second kappa shape index (κ2) is 51.2. The number of rotatable bonds is 57. The third kappa shape index (κ3) is 35.3. The maximum Gasteiger partial charge on any atom is 0.315 e. The number of amides is 10. The Morgan fingerprint density at radius 3 is 1.11 bits per heavy atom. The summed E-state index contributed by atoms with van der Waals surface area (Å²) in [5, 5.41) is 30.6. The number of anilines is 3. The molecule has 48 heteroatoms. The van der Waals surface area contributed by atoms with Crippen molar-refractivity contribution in [3.8, 4) is 34.5 Å². The number of hydrogen-bond donors (Lipinski definition) is 14. The molecule has 0 spiro atoms. The molecule has 1 aromatic heterocycles. The minimum Gasteiger partial charge on any atom is -0.490 e. The summed E-state index contributed by atoms with van der Waals surface area (Å²) in [5.74, 6) is -2.15. The molecular formula is C83H130N16O26S6. The largest absolute Gasteiger partial charge is 0.490 e. The fraction of sp³-hybridized carbons (Fsp3) is 0.723. The fourth-order valence-corrected chi connectivity index (χ4v) is 21.4. The van der Waals surface area contributed by atoms with E-state index in [1.165, 1.54) is 24.3 Å². The Bertz CT molecular complexity index is 4520. The maximum absolute atomic E-state index is 14.8. The van der Waals surface area contributed by atoms with Gasteiger partial charge in [-0.05, 0) is 171 Å². The van der Waals surface area contributed by atoms with Crippen LogP contribution in [0, 0.1) is 5.92 Å². The molecule has 734 valence electrons. The number of ether oxygens (including phenoxy) is 6. The SMILES string of the molecule is CCCOc1cc(C(=O)NC(CCCCNC(=O)CCCCC2SCC3NC(=O)NC32)C(=O)NC2CCN(c3nc(N4CCC(C)CC4)nc(N4CCC(NC(=O)C(CCCCNC(=O)CCCCC5SCC6NC(=O)NC65)NC(=O)c5cc(OCCC)c(OCCCS(=O)(=O)O)c(OCCCS(=O)(=O)O)c5)CC4)n3)CC2)cc(OCCCS(=O)(=O)O)c1OCCCS(=O)(=O)O. The Labute approximate surface area is 774 Å². The molecule has 0 bridgehead atoms. The molecule has 8 atom stereocenters. The Balaban J connectivity index is 0.806. The van der Waals surface area contributed by atoms with E-state index in [1.54, 1.807) is 0 Å². The van der Waals surface area contributed by atoms with Crippen molar-refractivity contribution in [2.24, 2.45) is 5.92 Å². The van der Waals surface area contributed by atoms with Gasteiger partial charge in [0.15, 0.2) is 23.0 Å². The highest BCUT2D eigenvalue weighted by molar-refractivity contribution is 8.00. The number of urea groups is 2. The molecule has 7 saturated heterocycles. The number of aromatic nitrogens is 3. The van der Waals surface area contributed by atoms with Crippen molar-refractivity contribution in [2.45, 2.75) is 247 Å². The van der Waals surface area contributed by atoms with Crippen molar-refractivity contribution in [1.82, 2.24) is 68.1 Å². The third-order valence-corrected chi connectivity index (χ3v) is 29.7. The summed E-state index contributed by atoms with van der Waals surface area (Å²) in [6.45, 7) is 8.52. The van der Waals surface area contributed by atoms with Crippen molar-refractivity contribution in [2.75, 3.05) is 141 Å². The summed E-state index contributed by atoms with van der Waals surface area (Å²) < 4.78 is 167. The lowest BCUT2D eigenvalue weighted by Crippen LogP contribution is -2.52. The predicted octanol–water partition coefficient (Wildman–Crippen LogP) is 5.10. The lowest BCUT2D eigenvalue weighted by Gasteiger charge is -2.36. The number of unbranched alkanes of at least 4 members (excludes halogenated alkanes) is 4. The highest BCUT2D eigenvalue weighted by Crippen LogP contribution is 2.42. The summed E-state index contributed by atoms with van der Waals surface area (Å²) >= 11 is 3.62. The summed E-state index contributed by atoms with van der Waals surface area (Å²) in [5.41, 5.74) is -0.111. The van der Waals surface area contributed by atoms with Crippen LogP contribution in [-0.4, -0.2) is 300 Å². The zero-order valence-electron chi connectivity index (χ0n) is 74.6. The van der Waals surface area contributed by atoms with Crippen LogP contribution in [0.5, 0.6) is 34.5 Å². The van der Waals surface area contributed by atoms with E-state index in [4.69, 9.17) is 43.4 Å². The van der Waals surface area contributed by atoms with Gasteiger partial charge in [-0.3, -0.25) is 47.0 Å². The first-order chi connectivity index (χ1) is 62.5. The highest BCUT2D eigenvalue weighted by atomic mass is 32.2. The molecular weight excluding hydrogens is 1830 g/mol. The van der Waals surface area contributed by atoms with Crippen LogP contribution < -0.4 is 96.3 Å². The van der Waals surface area contributed by atoms with E-state index in [0.717, 1.165) is 50.0 Å². The van der Waals surface area contributed by atoms with E-state index in [1.807, 2.05) is 47.2 Å². The zero-order valence-corrected chi connectivity index (χ0v) is 79.5. The third-order valence-electron chi connectivity index (χ3n) is 23.5. The van der Waals surface area contributed by atoms with Gasteiger partial charge in [0.25, 0.3) is 52.3 Å². The number of nitrogens with zero attached hydrogens (tertiary/aromatic N) is 6. The molecule has 2 aromatic carbocycles. The Morgan fingerprint density at radius 1 is 0.443 bits per heavy atom. The van der Waals surface area contributed by atoms with Crippen LogP contribution in [0.3, 0.4) is 0 Å². The second-order valence-electron chi connectivity index (χ2n) is 34.2. The number of thioether (sulfide) groups is 2. The van der Waals surface area contributed by atoms with Crippen LogP contribution in [-0.2, 0) is 59.7 Å². The minimum absolute atomic E-state index is 0.0000640. The Kier molecular flexibility index (Phi) is 40.8. The van der Waals surface area contributed by atoms with Crippen LogP contribution in [0.1, 0.15) is 208 Å². The summed E-state index contributed by atoms with van der Waals surface area (Å²) in [6, 6.07) is 2.28. The first kappa shape index (κ1) is 104. The molecule has 0 aliphatic carbocycles. The monoisotopic (exact) mass is 1960 g/mol. The van der Waals surface area contributed by atoms with E-state index in [2.05, 4.69) is 65.0 Å². The van der Waals surface area contributed by atoms with Crippen LogP contribution >= 0.6 is 23.5 Å². The molecule has 10 amide bonds. The number of nitrogens with one attached hydrogen (secondary N) is 10. The molecule has 8 heterocycles. The average Bonchev–Trinajstić information content (AvgIpc) is 1.27. The second-order valence-corrected chi connectivity index (χ2v) is 43.0. The first-order valence-corrected chi connectivity index (χ1v) is 54.1. The smallest absolute Gasteiger partial charge is 0.315 e. The first-order valence-electron chi connectivity index (χ1n) is 45.6. The van der Waals surface area contributed by atoms with E-state index in [0.29, 0.717) is 166 Å². The number of carbonyl (C=O) groups excluding carboxylic acids is 8. The number of hydrogen-bond acceptors (Lipinski definition) is 30. The van der Waals surface area contributed by atoms with Crippen molar-refractivity contribution < 1.29 is 119 Å². The van der Waals surface area contributed by atoms with Crippen molar-refractivity contribution >= 4 is 129 Å². The van der Waals surface area contributed by atoms with E-state index < -0.39 is 111 Å². The van der Waals surface area contributed by atoms with Crippen molar-refractivity contribution in [1.29, 1.82) is 0 Å². The molecule has 131 heavy (non-hydrogen) atoms. The van der Waals surface area contributed by atoms with Gasteiger partial charge in [-0.25, -0.2) is 9.59 Å². The Morgan fingerprint density at radius 2 is 0.771 bits per heavy atom. The molecule has 0 saturated carbocycles. The van der Waals surface area contributed by atoms with Gasteiger partial charge in [0.1, 0.15) is 12.1 Å². The number of carbonyl (C=O) groups is 8. The molecule has 7 fully saturated rings. The van der Waals surface area contributed by atoms with Gasteiger partial charge in [-0.15, -0.1) is 0 Å². The molecule has 42 nitrogen and oxygen atoms in total. The lowest BCUT2D eigenvalue weighted by atomic mass is 10.00. The normalized spacial score (nSPS) is 20.1. The van der Waals surface area contributed by atoms with Gasteiger partial charge in [-0.1, -0.05) is 33.6 Å². The van der Waals surface area contributed by atoms with E-state index >= 15 is 0 Å². The molecule has 10 rings (SSSR count). The predicted molar refractivity (Wildman–Crippen MR) is 492 cm³/mol. The summed E-state index contributed by atoms with van der Waals surface area (Å²) in [7, 11) is -17.5. The van der Waals surface area contributed by atoms with E-state index in [-0.39, 0.29) is 182 Å². The van der Waals surface area contributed by atoms with Gasteiger partial charge in [-0.2, -0.15) is 72.1 Å². The van der Waals surface area contributed by atoms with Gasteiger partial charge in [0, 0.05) is 110 Å². The van der Waals surface area contributed by atoms with Gasteiger partial charge in [0.05, 0.1) is 86.8 Å². The zero-order chi connectivity index (χ0) is 94.3. The highest BCUT2D eigenvalue weighted by Gasteiger charge is 2.44. The fourth-order valence-electron chi connectivity index (χ4n) is 16.4. The van der Waals surface area contributed by atoms with Crippen LogP contribution in [0.2, 0.25) is 0 Å². The molecule has 0 radical (unpaired) electrons. The lowest BCUT2D eigenvalue weighted by molar-refractivity contribution is -0.124. The average molecular weight is 1960 g/mol. The van der Waals surface area contributed by atoms with Crippen LogP contribution in [0.25, 0.3) is 0 Å². The van der Waals surface area contributed by atoms with E-state index in [9.17, 15) is 90.2 Å². The maximum atomic E-state index is 14.8. The van der Waals surface area contributed by atoms with Gasteiger partial charge in [0.2, 0.25) is 53.0 Å². The van der Waals surface area contributed by atoms with Gasteiger partial charge >= 0.3 is 12.1 Å². The molecule has 7 aliphatic rings. The summed E-state index contributed by atoms with van der Waals surface area (Å²) in [6.07, 6.45) is 10.9. The molecule has 3 aromatic rings. The number of fused-ring (bicyclic) bond motifs is 2. The minimum atomic E-state index is -4.40. The number of piperidine rings is 3. The van der Waals surface area contributed by atoms with Crippen molar-refractivity contribution in [3.05, 3.63) is 35.4 Å². The Hall–Kier alpha value is -8.65. The summed E-state index contributed by atoms with van der Waals surface area (Å²) in [4.78, 5) is 131. The standard InChI is InChI=1S/C83H130N16O26S6/c1-4-38-120-63-48-55(50-65(122-40-14-44-128(108,109)110)73(63)124-42-16-46-130(114,115)116)75(102)88-59(18-10-12-30-84-69(100)22-8-6-20-67-71-61(52-126-67)90-82(106)92-71)77(104)86-57-26-34-98(35-27-57)80-94-79(97-32-24-54(3)25-33-97)95-81(96-80)99-36-28-58(29-37-99)87-78(105)60(19-11-13-31-85-70(101)23-9-7-21-68-72-62(53-127-68)91-83(107)93-72)89-76(103)56-49-64(121-39-5-2)74(125-43-17-47-131(117,118)119)66(51-56)123-41-15-45-129(111,112)113/h48-51,54,57-62,67-68,71-72H,4-47,52-53H2,1-3H3,(H,84,100)(H,85,101)(H,86,104)(H,87,105)(H,88,102)(H,89,103)(H2,90,92,106)(H2,91,93,107)(H,108,109,110)(H,111,112,113)(H,114,115,116)(H,117,118,119). The quantitative estimate of drug-likeness (QED) is 0.0198.